The number of hydrogen-bond donors (Lipinski definition) is 1. The standard InChI is InChI=1S/C16H18FNO3S/c1-21-16-7-3-5-14(11-16)12-22(19,20)18-9-8-13-4-2-6-15(17)10-13/h2-7,10-11,18H,8-9,12H2,1H3. The molecule has 1 N–H and O–H groups in total. The lowest BCUT2D eigenvalue weighted by Crippen LogP contribution is -2.27. The average Bonchev–Trinajstić information content (AvgIpc) is 2.47. The zero-order valence-corrected chi connectivity index (χ0v) is 13.1. The van der Waals surface area contributed by atoms with Crippen LogP contribution < -0.4 is 9.46 Å². The molecule has 6 heteroatoms. The van der Waals surface area contributed by atoms with Crippen molar-refractivity contribution in [3.8, 4) is 5.75 Å². The quantitative estimate of drug-likeness (QED) is 0.852. The molecule has 0 aliphatic rings. The smallest absolute Gasteiger partial charge is 0.215 e. The van der Waals surface area contributed by atoms with Crippen LogP contribution in [-0.2, 0) is 22.2 Å². The van der Waals surface area contributed by atoms with Gasteiger partial charge in [0.1, 0.15) is 11.6 Å². The minimum atomic E-state index is -3.44. The molecule has 0 bridgehead atoms. The molecule has 2 aromatic carbocycles. The average molecular weight is 323 g/mol. The molecule has 118 valence electrons. The van der Waals surface area contributed by atoms with Crippen molar-refractivity contribution in [1.82, 2.24) is 4.72 Å². The van der Waals surface area contributed by atoms with E-state index in [4.69, 9.17) is 4.74 Å². The van der Waals surface area contributed by atoms with Gasteiger partial charge in [-0.3, -0.25) is 0 Å². The van der Waals surface area contributed by atoms with Gasteiger partial charge < -0.3 is 4.74 Å². The van der Waals surface area contributed by atoms with Crippen LogP contribution in [0.5, 0.6) is 5.75 Å². The fourth-order valence-electron chi connectivity index (χ4n) is 2.08. The highest BCUT2D eigenvalue weighted by molar-refractivity contribution is 7.88. The van der Waals surface area contributed by atoms with Crippen LogP contribution >= 0.6 is 0 Å². The first-order chi connectivity index (χ1) is 10.5. The van der Waals surface area contributed by atoms with Crippen molar-refractivity contribution in [2.45, 2.75) is 12.2 Å². The molecule has 0 fully saturated rings. The normalized spacial score (nSPS) is 11.4. The second kappa shape index (κ2) is 7.38. The monoisotopic (exact) mass is 323 g/mol. The van der Waals surface area contributed by atoms with Crippen molar-refractivity contribution in [1.29, 1.82) is 0 Å². The molecule has 0 spiro atoms. The molecule has 0 unspecified atom stereocenters. The van der Waals surface area contributed by atoms with Gasteiger partial charge in [-0.15, -0.1) is 0 Å². The summed E-state index contributed by atoms with van der Waals surface area (Å²) in [5.41, 5.74) is 1.40. The zero-order valence-electron chi connectivity index (χ0n) is 12.3. The minimum absolute atomic E-state index is 0.118. The number of halogens is 1. The van der Waals surface area contributed by atoms with E-state index in [0.29, 0.717) is 17.7 Å². The second-order valence-electron chi connectivity index (χ2n) is 4.88. The van der Waals surface area contributed by atoms with Crippen molar-refractivity contribution >= 4 is 10.0 Å². The fourth-order valence-corrected chi connectivity index (χ4v) is 3.21. The Morgan fingerprint density at radius 1 is 1.09 bits per heavy atom. The van der Waals surface area contributed by atoms with E-state index >= 15 is 0 Å². The van der Waals surface area contributed by atoms with Gasteiger partial charge in [0.25, 0.3) is 0 Å². The van der Waals surface area contributed by atoms with Crippen molar-refractivity contribution in [3.63, 3.8) is 0 Å². The summed E-state index contributed by atoms with van der Waals surface area (Å²) in [4.78, 5) is 0. The Kier molecular flexibility index (Phi) is 5.51. The van der Waals surface area contributed by atoms with Crippen LogP contribution in [0.25, 0.3) is 0 Å². The topological polar surface area (TPSA) is 55.4 Å². The van der Waals surface area contributed by atoms with Gasteiger partial charge in [0.05, 0.1) is 12.9 Å². The molecule has 0 amide bonds. The molecule has 22 heavy (non-hydrogen) atoms. The molecule has 2 aromatic rings. The SMILES string of the molecule is COc1cccc(CS(=O)(=O)NCCc2cccc(F)c2)c1. The number of ether oxygens (including phenoxy) is 1. The summed E-state index contributed by atoms with van der Waals surface area (Å²) in [7, 11) is -1.91. The lowest BCUT2D eigenvalue weighted by atomic mass is 10.1. The van der Waals surface area contributed by atoms with Crippen LogP contribution in [0.15, 0.2) is 48.5 Å². The molecule has 2 rings (SSSR count). The molecule has 0 aliphatic carbocycles. The lowest BCUT2D eigenvalue weighted by Gasteiger charge is -2.08. The highest BCUT2D eigenvalue weighted by Gasteiger charge is 2.11. The summed E-state index contributed by atoms with van der Waals surface area (Å²) in [5.74, 6) is 0.178. The zero-order chi connectivity index (χ0) is 16.0. The van der Waals surface area contributed by atoms with E-state index in [1.54, 1.807) is 36.4 Å². The molecule has 0 saturated carbocycles. The largest absolute Gasteiger partial charge is 0.497 e. The maximum atomic E-state index is 13.0. The summed E-state index contributed by atoms with van der Waals surface area (Å²) < 4.78 is 44.7. The van der Waals surface area contributed by atoms with E-state index in [1.807, 2.05) is 0 Å². The van der Waals surface area contributed by atoms with Crippen molar-refractivity contribution < 1.29 is 17.5 Å². The van der Waals surface area contributed by atoms with E-state index in [1.165, 1.54) is 19.2 Å². The van der Waals surface area contributed by atoms with Gasteiger partial charge in [0.2, 0.25) is 10.0 Å². The Morgan fingerprint density at radius 3 is 2.55 bits per heavy atom. The minimum Gasteiger partial charge on any atom is -0.497 e. The summed E-state index contributed by atoms with van der Waals surface area (Å²) in [6, 6.07) is 13.0. The van der Waals surface area contributed by atoms with E-state index in [2.05, 4.69) is 4.72 Å². The van der Waals surface area contributed by atoms with Crippen molar-refractivity contribution in [2.75, 3.05) is 13.7 Å². The van der Waals surface area contributed by atoms with Gasteiger partial charge in [-0.2, -0.15) is 0 Å². The Balaban J connectivity index is 1.90. The molecule has 0 atom stereocenters. The van der Waals surface area contributed by atoms with E-state index < -0.39 is 10.0 Å². The van der Waals surface area contributed by atoms with Gasteiger partial charge in [-0.25, -0.2) is 17.5 Å². The molecular weight excluding hydrogens is 305 g/mol. The van der Waals surface area contributed by atoms with Gasteiger partial charge in [0, 0.05) is 6.54 Å². The predicted octanol–water partition coefficient (Wildman–Crippen LogP) is 2.50. The molecule has 0 radical (unpaired) electrons. The van der Waals surface area contributed by atoms with Crippen LogP contribution in [0, 0.1) is 5.82 Å². The molecule has 0 aromatic heterocycles. The third kappa shape index (κ3) is 5.13. The lowest BCUT2D eigenvalue weighted by molar-refractivity contribution is 0.414. The number of methoxy groups -OCH3 is 1. The summed E-state index contributed by atoms with van der Waals surface area (Å²) in [6.07, 6.45) is 0.440. The number of rotatable bonds is 7. The van der Waals surface area contributed by atoms with Gasteiger partial charge in [-0.05, 0) is 41.8 Å². The van der Waals surface area contributed by atoms with E-state index in [-0.39, 0.29) is 18.1 Å². The second-order valence-corrected chi connectivity index (χ2v) is 6.69. The fraction of sp³-hybridized carbons (Fsp3) is 0.250. The predicted molar refractivity (Wildman–Crippen MR) is 83.7 cm³/mol. The first kappa shape index (κ1) is 16.5. The first-order valence-electron chi connectivity index (χ1n) is 6.83. The third-order valence-electron chi connectivity index (χ3n) is 3.12. The highest BCUT2D eigenvalue weighted by Crippen LogP contribution is 2.14. The Bertz CT molecular complexity index is 732. The van der Waals surface area contributed by atoms with Crippen molar-refractivity contribution in [3.05, 3.63) is 65.5 Å². The molecule has 0 aliphatic heterocycles. The van der Waals surface area contributed by atoms with E-state index in [9.17, 15) is 12.8 Å². The van der Waals surface area contributed by atoms with Crippen LogP contribution in [0.3, 0.4) is 0 Å². The molecule has 4 nitrogen and oxygen atoms in total. The van der Waals surface area contributed by atoms with Crippen LogP contribution in [0.1, 0.15) is 11.1 Å². The summed E-state index contributed by atoms with van der Waals surface area (Å²) in [6.45, 7) is 0.232. The third-order valence-corrected chi connectivity index (χ3v) is 4.47. The summed E-state index contributed by atoms with van der Waals surface area (Å²) >= 11 is 0. The number of hydrogen-bond acceptors (Lipinski definition) is 3. The number of nitrogens with one attached hydrogen (secondary N) is 1. The van der Waals surface area contributed by atoms with Gasteiger partial charge in [0.15, 0.2) is 0 Å². The highest BCUT2D eigenvalue weighted by atomic mass is 32.2. The maximum absolute atomic E-state index is 13.0. The molecule has 0 heterocycles. The maximum Gasteiger partial charge on any atom is 0.215 e. The van der Waals surface area contributed by atoms with E-state index in [0.717, 1.165) is 5.56 Å². The Labute approximate surface area is 130 Å². The first-order valence-corrected chi connectivity index (χ1v) is 8.48. The van der Waals surface area contributed by atoms with Gasteiger partial charge >= 0.3 is 0 Å². The van der Waals surface area contributed by atoms with Crippen LogP contribution in [0.2, 0.25) is 0 Å². The molecular formula is C16H18FNO3S. The van der Waals surface area contributed by atoms with Gasteiger partial charge in [-0.1, -0.05) is 24.3 Å². The Morgan fingerprint density at radius 2 is 1.82 bits per heavy atom. The van der Waals surface area contributed by atoms with Crippen LogP contribution in [0.4, 0.5) is 4.39 Å². The number of sulfonamides is 1. The Hall–Kier alpha value is -1.92. The molecule has 0 saturated heterocycles. The van der Waals surface area contributed by atoms with Crippen LogP contribution in [-0.4, -0.2) is 22.1 Å². The number of benzene rings is 2. The van der Waals surface area contributed by atoms with Crippen molar-refractivity contribution in [2.24, 2.45) is 0 Å². The summed E-state index contributed by atoms with van der Waals surface area (Å²) in [5, 5.41) is 0.